The average Bonchev–Trinajstić information content (AvgIpc) is 2.46. The highest BCUT2D eigenvalue weighted by molar-refractivity contribution is 5.77. The van der Waals surface area contributed by atoms with Gasteiger partial charge in [-0.05, 0) is 45.4 Å². The maximum Gasteiger partial charge on any atom is 0.258 e. The Balaban J connectivity index is 2.58. The van der Waals surface area contributed by atoms with Crippen molar-refractivity contribution in [3.8, 4) is 5.75 Å². The highest BCUT2D eigenvalue weighted by Crippen LogP contribution is 2.16. The smallest absolute Gasteiger partial charge is 0.258 e. The Morgan fingerprint density at radius 2 is 2.14 bits per heavy atom. The zero-order valence-electron chi connectivity index (χ0n) is 13.5. The van der Waals surface area contributed by atoms with E-state index in [1.54, 1.807) is 0 Å². The number of hydrogen-bond donors (Lipinski definition) is 2. The van der Waals surface area contributed by atoms with Crippen molar-refractivity contribution in [3.63, 3.8) is 0 Å². The molecule has 0 saturated carbocycles. The molecule has 1 atom stereocenters. The van der Waals surface area contributed by atoms with Gasteiger partial charge in [-0.25, -0.2) is 0 Å². The van der Waals surface area contributed by atoms with E-state index < -0.39 is 0 Å². The molecule has 0 aliphatic heterocycles. The van der Waals surface area contributed by atoms with Crippen molar-refractivity contribution in [2.75, 3.05) is 13.2 Å². The predicted molar refractivity (Wildman–Crippen MR) is 84.4 cm³/mol. The van der Waals surface area contributed by atoms with Crippen LogP contribution in [-0.4, -0.2) is 30.1 Å². The van der Waals surface area contributed by atoms with E-state index in [0.29, 0.717) is 12.3 Å². The molecule has 1 aromatic rings. The minimum Gasteiger partial charge on any atom is -0.482 e. The number of hydrogen-bond acceptors (Lipinski definition) is 4. The van der Waals surface area contributed by atoms with Crippen LogP contribution in [0.2, 0.25) is 0 Å². The number of carbonyl (C=O) groups excluding carboxylic acids is 1. The number of nitrogens with zero attached hydrogens (tertiary/aromatic N) is 1. The summed E-state index contributed by atoms with van der Waals surface area (Å²) in [6.07, 6.45) is 1.98. The average molecular weight is 293 g/mol. The van der Waals surface area contributed by atoms with Crippen LogP contribution in [0.4, 0.5) is 0 Å². The molecule has 21 heavy (non-hydrogen) atoms. The Labute approximate surface area is 127 Å². The van der Waals surface area contributed by atoms with Gasteiger partial charge in [-0.3, -0.25) is 9.78 Å². The van der Waals surface area contributed by atoms with Crippen LogP contribution in [0.15, 0.2) is 12.1 Å². The number of rotatable bonds is 9. The maximum atomic E-state index is 11.8. The Morgan fingerprint density at radius 1 is 1.38 bits per heavy atom. The summed E-state index contributed by atoms with van der Waals surface area (Å²) < 4.78 is 5.62. The van der Waals surface area contributed by atoms with Crippen molar-refractivity contribution in [1.29, 1.82) is 0 Å². The fraction of sp³-hybridized carbons (Fsp3) is 0.625. The van der Waals surface area contributed by atoms with E-state index >= 15 is 0 Å². The summed E-state index contributed by atoms with van der Waals surface area (Å²) in [6.45, 7) is 9.69. The minimum absolute atomic E-state index is 0.0237. The topological polar surface area (TPSA) is 63.3 Å². The summed E-state index contributed by atoms with van der Waals surface area (Å²) in [7, 11) is 0. The van der Waals surface area contributed by atoms with Gasteiger partial charge < -0.3 is 15.4 Å². The lowest BCUT2D eigenvalue weighted by Gasteiger charge is -2.14. The molecule has 1 amide bonds. The van der Waals surface area contributed by atoms with Crippen LogP contribution in [0, 0.1) is 6.92 Å². The van der Waals surface area contributed by atoms with Gasteiger partial charge in [-0.2, -0.15) is 0 Å². The second-order valence-corrected chi connectivity index (χ2v) is 5.24. The first-order chi connectivity index (χ1) is 10.1. The molecule has 0 aliphatic carbocycles. The number of aryl methyl sites for hydroxylation is 1. The molecule has 0 aromatic carbocycles. The number of nitrogens with one attached hydrogen (secondary N) is 2. The van der Waals surface area contributed by atoms with E-state index in [1.807, 2.05) is 32.9 Å². The zero-order chi connectivity index (χ0) is 15.7. The molecular formula is C16H27N3O2. The maximum absolute atomic E-state index is 11.8. The van der Waals surface area contributed by atoms with Gasteiger partial charge in [0.15, 0.2) is 6.61 Å². The minimum atomic E-state index is -0.0996. The van der Waals surface area contributed by atoms with Gasteiger partial charge in [0.25, 0.3) is 5.91 Å². The van der Waals surface area contributed by atoms with Crippen LogP contribution in [-0.2, 0) is 11.3 Å². The lowest BCUT2D eigenvalue weighted by Crippen LogP contribution is -2.35. The monoisotopic (exact) mass is 293 g/mol. The third-order valence-electron chi connectivity index (χ3n) is 3.17. The summed E-state index contributed by atoms with van der Waals surface area (Å²) in [6, 6.07) is 3.94. The number of aromatic nitrogens is 1. The molecule has 1 rings (SSSR count). The van der Waals surface area contributed by atoms with Gasteiger partial charge in [-0.1, -0.05) is 13.8 Å². The van der Waals surface area contributed by atoms with Crippen molar-refractivity contribution in [3.05, 3.63) is 23.5 Å². The first kappa shape index (κ1) is 17.4. The molecule has 2 N–H and O–H groups in total. The zero-order valence-corrected chi connectivity index (χ0v) is 13.5. The normalized spacial score (nSPS) is 12.0. The van der Waals surface area contributed by atoms with Crippen molar-refractivity contribution >= 4 is 5.91 Å². The number of ether oxygens (including phenoxy) is 1. The van der Waals surface area contributed by atoms with E-state index in [0.717, 1.165) is 30.8 Å². The lowest BCUT2D eigenvalue weighted by atomic mass is 10.2. The van der Waals surface area contributed by atoms with Crippen molar-refractivity contribution in [2.24, 2.45) is 0 Å². The van der Waals surface area contributed by atoms with Gasteiger partial charge in [-0.15, -0.1) is 0 Å². The molecule has 118 valence electrons. The van der Waals surface area contributed by atoms with Gasteiger partial charge in [0, 0.05) is 18.3 Å². The molecule has 0 spiro atoms. The van der Waals surface area contributed by atoms with Gasteiger partial charge in [0.1, 0.15) is 5.75 Å². The van der Waals surface area contributed by atoms with E-state index in [9.17, 15) is 4.79 Å². The van der Waals surface area contributed by atoms with Crippen LogP contribution in [0.1, 0.15) is 45.0 Å². The Kier molecular flexibility index (Phi) is 7.75. The fourth-order valence-corrected chi connectivity index (χ4v) is 1.80. The molecule has 1 unspecified atom stereocenters. The van der Waals surface area contributed by atoms with Crippen LogP contribution >= 0.6 is 0 Å². The van der Waals surface area contributed by atoms with Crippen molar-refractivity contribution in [2.45, 2.75) is 53.1 Å². The van der Waals surface area contributed by atoms with Crippen LogP contribution < -0.4 is 15.4 Å². The molecule has 1 heterocycles. The Hall–Kier alpha value is -1.62. The molecule has 5 heteroatoms. The van der Waals surface area contributed by atoms with E-state index in [1.165, 1.54) is 0 Å². The summed E-state index contributed by atoms with van der Waals surface area (Å²) in [5.74, 6) is 0.570. The van der Waals surface area contributed by atoms with Crippen molar-refractivity contribution in [1.82, 2.24) is 15.6 Å². The summed E-state index contributed by atoms with van der Waals surface area (Å²) in [5.41, 5.74) is 1.79. The van der Waals surface area contributed by atoms with E-state index in [4.69, 9.17) is 4.74 Å². The Bertz CT molecular complexity index is 449. The number of pyridine rings is 1. The van der Waals surface area contributed by atoms with E-state index in [-0.39, 0.29) is 18.6 Å². The van der Waals surface area contributed by atoms with E-state index in [2.05, 4.69) is 22.5 Å². The van der Waals surface area contributed by atoms with Crippen molar-refractivity contribution < 1.29 is 9.53 Å². The van der Waals surface area contributed by atoms with Gasteiger partial charge in [0.2, 0.25) is 0 Å². The second-order valence-electron chi connectivity index (χ2n) is 5.24. The molecular weight excluding hydrogens is 266 g/mol. The molecule has 0 aliphatic rings. The summed E-state index contributed by atoms with van der Waals surface area (Å²) in [5, 5.41) is 6.19. The Morgan fingerprint density at radius 3 is 2.81 bits per heavy atom. The lowest BCUT2D eigenvalue weighted by molar-refractivity contribution is -0.123. The molecule has 0 fully saturated rings. The molecule has 1 aromatic heterocycles. The van der Waals surface area contributed by atoms with Gasteiger partial charge in [0.05, 0.1) is 5.69 Å². The summed E-state index contributed by atoms with van der Waals surface area (Å²) in [4.78, 5) is 16.2. The first-order valence-corrected chi connectivity index (χ1v) is 7.66. The fourth-order valence-electron chi connectivity index (χ4n) is 1.80. The largest absolute Gasteiger partial charge is 0.482 e. The molecule has 0 radical (unpaired) electrons. The summed E-state index contributed by atoms with van der Waals surface area (Å²) >= 11 is 0. The standard InChI is InChI=1S/C16H27N3O2/c1-5-9-17-10-14-15(8-7-13(4)18-14)21-11-16(20)19-12(3)6-2/h7-8,12,17H,5-6,9-11H2,1-4H3,(H,19,20). The first-order valence-electron chi connectivity index (χ1n) is 7.66. The van der Waals surface area contributed by atoms with Crippen LogP contribution in [0.5, 0.6) is 5.75 Å². The molecule has 0 saturated heterocycles. The second kappa shape index (κ2) is 9.34. The molecule has 0 bridgehead atoms. The highest BCUT2D eigenvalue weighted by atomic mass is 16.5. The number of amides is 1. The third-order valence-corrected chi connectivity index (χ3v) is 3.17. The third kappa shape index (κ3) is 6.58. The highest BCUT2D eigenvalue weighted by Gasteiger charge is 2.10. The van der Waals surface area contributed by atoms with Crippen LogP contribution in [0.25, 0.3) is 0 Å². The predicted octanol–water partition coefficient (Wildman–Crippen LogP) is 2.18. The quantitative estimate of drug-likeness (QED) is 0.685. The SMILES string of the molecule is CCCNCc1nc(C)ccc1OCC(=O)NC(C)CC. The van der Waals surface area contributed by atoms with Crippen LogP contribution in [0.3, 0.4) is 0 Å². The number of carbonyl (C=O) groups is 1. The van der Waals surface area contributed by atoms with Gasteiger partial charge >= 0.3 is 0 Å². The molecule has 5 nitrogen and oxygen atoms in total.